The molecule has 204 valence electrons. The third-order valence-electron chi connectivity index (χ3n) is 7.06. The molecular weight excluding hydrogens is 550 g/mol. The third-order valence-corrected chi connectivity index (χ3v) is 8.39. The molecule has 6 rings (SSSR count). The number of benzene rings is 2. The van der Waals surface area contributed by atoms with Crippen molar-refractivity contribution in [1.29, 1.82) is 0 Å². The number of ether oxygens (including phenoxy) is 1. The first kappa shape index (κ1) is 26.1. The summed E-state index contributed by atoms with van der Waals surface area (Å²) in [5, 5.41) is 6.70. The molecule has 1 fully saturated rings. The minimum absolute atomic E-state index is 0.0830. The predicted molar refractivity (Wildman–Crippen MR) is 156 cm³/mol. The van der Waals surface area contributed by atoms with Crippen molar-refractivity contribution >= 4 is 68.1 Å². The highest BCUT2D eigenvalue weighted by molar-refractivity contribution is 7.21. The first-order chi connectivity index (χ1) is 19.4. The molecule has 0 bridgehead atoms. The number of para-hydroxylation sites is 1. The Labute approximate surface area is 239 Å². The van der Waals surface area contributed by atoms with Crippen LogP contribution in [0.15, 0.2) is 60.8 Å². The zero-order valence-electron chi connectivity index (χ0n) is 21.6. The minimum Gasteiger partial charge on any atom is -0.457 e. The van der Waals surface area contributed by atoms with Crippen LogP contribution in [0.3, 0.4) is 0 Å². The standard InChI is InChI=1S/C29H26ClN5O4S/c1-17-14-20(39-19-7-3-2-4-8-19)9-10-21(17)35-22-11-12-31-28-24(22)25(33-29(35)38)26(40-28)27(37)32-18-6-5-13-34(16-18)23(36)15-30/h2-4,7-12,14,18H,5-6,13,15-16H2,1H3,(H,32,37)(H,33,38)/t18-/m1/s1. The van der Waals surface area contributed by atoms with Crippen molar-refractivity contribution in [2.75, 3.05) is 29.2 Å². The molecule has 2 aliphatic heterocycles. The molecule has 1 atom stereocenters. The number of amides is 4. The molecule has 1 saturated heterocycles. The van der Waals surface area contributed by atoms with Crippen LogP contribution in [0.25, 0.3) is 10.2 Å². The molecule has 2 aromatic carbocycles. The third kappa shape index (κ3) is 4.84. The first-order valence-corrected chi connectivity index (χ1v) is 14.3. The number of likely N-dealkylation sites (tertiary alicyclic amines) is 1. The van der Waals surface area contributed by atoms with E-state index in [1.54, 1.807) is 22.1 Å². The Balaban J connectivity index is 1.29. The van der Waals surface area contributed by atoms with Crippen molar-refractivity contribution in [3.63, 3.8) is 0 Å². The number of carbonyl (C=O) groups excluding carboxylic acids is 3. The van der Waals surface area contributed by atoms with Crippen LogP contribution in [-0.4, -0.2) is 52.7 Å². The van der Waals surface area contributed by atoms with Gasteiger partial charge in [-0.2, -0.15) is 0 Å². The van der Waals surface area contributed by atoms with E-state index in [2.05, 4.69) is 15.6 Å². The molecule has 0 spiro atoms. The van der Waals surface area contributed by atoms with E-state index in [1.807, 2.05) is 55.5 Å². The first-order valence-electron chi connectivity index (χ1n) is 12.9. The molecule has 11 heteroatoms. The van der Waals surface area contributed by atoms with Gasteiger partial charge in [-0.05, 0) is 61.7 Å². The van der Waals surface area contributed by atoms with Crippen LogP contribution in [0.5, 0.6) is 11.5 Å². The van der Waals surface area contributed by atoms with E-state index in [0.29, 0.717) is 51.0 Å². The number of thiophene rings is 1. The van der Waals surface area contributed by atoms with Crippen LogP contribution in [0.4, 0.5) is 21.9 Å². The molecule has 2 aromatic heterocycles. The van der Waals surface area contributed by atoms with Gasteiger partial charge >= 0.3 is 6.03 Å². The molecule has 0 radical (unpaired) electrons. The molecule has 0 unspecified atom stereocenters. The second-order valence-electron chi connectivity index (χ2n) is 9.73. The number of hydrogen-bond donors (Lipinski definition) is 2. The summed E-state index contributed by atoms with van der Waals surface area (Å²) in [7, 11) is 0. The number of piperidine rings is 1. The number of halogens is 1. The molecular formula is C29H26ClN5O4S. The van der Waals surface area contributed by atoms with Gasteiger partial charge in [0.25, 0.3) is 5.91 Å². The second kappa shape index (κ2) is 10.8. The van der Waals surface area contributed by atoms with E-state index < -0.39 is 0 Å². The highest BCUT2D eigenvalue weighted by Crippen LogP contribution is 2.46. The maximum absolute atomic E-state index is 13.5. The summed E-state index contributed by atoms with van der Waals surface area (Å²) in [6.45, 7) is 2.96. The van der Waals surface area contributed by atoms with Gasteiger partial charge in [-0.25, -0.2) is 9.78 Å². The Bertz CT molecular complexity index is 1630. The highest BCUT2D eigenvalue weighted by atomic mass is 35.5. The van der Waals surface area contributed by atoms with Crippen molar-refractivity contribution in [2.24, 2.45) is 0 Å². The van der Waals surface area contributed by atoms with Gasteiger partial charge in [0.2, 0.25) is 5.91 Å². The Kier molecular flexibility index (Phi) is 7.03. The number of nitrogens with one attached hydrogen (secondary N) is 2. The number of alkyl halides is 1. The summed E-state index contributed by atoms with van der Waals surface area (Å²) in [5.41, 5.74) is 2.64. The molecule has 9 nitrogen and oxygen atoms in total. The molecule has 2 aliphatic rings. The van der Waals surface area contributed by atoms with Gasteiger partial charge < -0.3 is 20.3 Å². The van der Waals surface area contributed by atoms with Gasteiger partial charge in [0.05, 0.1) is 22.4 Å². The summed E-state index contributed by atoms with van der Waals surface area (Å²) in [6, 6.07) is 16.3. The zero-order chi connectivity index (χ0) is 27.8. The van der Waals surface area contributed by atoms with Gasteiger partial charge in [0.15, 0.2) is 0 Å². The molecule has 0 aliphatic carbocycles. The van der Waals surface area contributed by atoms with Crippen LogP contribution in [0, 0.1) is 6.92 Å². The van der Waals surface area contributed by atoms with Crippen molar-refractivity contribution in [2.45, 2.75) is 25.8 Å². The lowest BCUT2D eigenvalue weighted by Gasteiger charge is -2.33. The quantitative estimate of drug-likeness (QED) is 0.273. The Morgan fingerprint density at radius 2 is 1.98 bits per heavy atom. The molecule has 4 heterocycles. The average Bonchev–Trinajstić information content (AvgIpc) is 3.33. The number of pyridine rings is 1. The largest absolute Gasteiger partial charge is 0.457 e. The number of nitrogens with zero attached hydrogens (tertiary/aromatic N) is 3. The summed E-state index contributed by atoms with van der Waals surface area (Å²) in [5.74, 6) is 0.853. The van der Waals surface area contributed by atoms with Gasteiger partial charge in [0, 0.05) is 25.3 Å². The van der Waals surface area contributed by atoms with Crippen LogP contribution in [-0.2, 0) is 4.79 Å². The normalized spacial score (nSPS) is 16.6. The monoisotopic (exact) mass is 575 g/mol. The van der Waals surface area contributed by atoms with Crippen molar-refractivity contribution in [1.82, 2.24) is 15.2 Å². The maximum Gasteiger partial charge on any atom is 0.331 e. The van der Waals surface area contributed by atoms with Crippen LogP contribution in [0.2, 0.25) is 0 Å². The number of hydrogen-bond acceptors (Lipinski definition) is 6. The van der Waals surface area contributed by atoms with Gasteiger partial charge in [-0.15, -0.1) is 22.9 Å². The number of carbonyl (C=O) groups is 3. The SMILES string of the molecule is Cc1cc(Oc2ccccc2)ccc1N1C(=O)Nc2c(C(=O)N[C@@H]3CCCN(C(=O)CCl)C3)sc3nccc1c23. The van der Waals surface area contributed by atoms with Gasteiger partial charge in [-0.3, -0.25) is 14.5 Å². The van der Waals surface area contributed by atoms with E-state index >= 15 is 0 Å². The number of anilines is 3. The average molecular weight is 576 g/mol. The molecule has 4 amide bonds. The maximum atomic E-state index is 13.5. The van der Waals surface area contributed by atoms with E-state index in [0.717, 1.165) is 24.2 Å². The van der Waals surface area contributed by atoms with Crippen LogP contribution in [0.1, 0.15) is 28.1 Å². The van der Waals surface area contributed by atoms with Gasteiger partial charge in [0.1, 0.15) is 27.1 Å². The van der Waals surface area contributed by atoms with Crippen LogP contribution >= 0.6 is 22.9 Å². The van der Waals surface area contributed by atoms with Crippen molar-refractivity contribution in [3.8, 4) is 11.5 Å². The number of aryl methyl sites for hydroxylation is 1. The molecule has 0 saturated carbocycles. The van der Waals surface area contributed by atoms with E-state index in [1.165, 1.54) is 11.3 Å². The lowest BCUT2D eigenvalue weighted by atomic mass is 10.1. The highest BCUT2D eigenvalue weighted by Gasteiger charge is 2.34. The molecule has 2 N–H and O–H groups in total. The zero-order valence-corrected chi connectivity index (χ0v) is 23.2. The lowest BCUT2D eigenvalue weighted by Crippen LogP contribution is -2.50. The van der Waals surface area contributed by atoms with E-state index in [-0.39, 0.29) is 29.8 Å². The summed E-state index contributed by atoms with van der Waals surface area (Å²) in [6.07, 6.45) is 3.17. The smallest absolute Gasteiger partial charge is 0.331 e. The topological polar surface area (TPSA) is 104 Å². The Morgan fingerprint density at radius 3 is 2.75 bits per heavy atom. The fourth-order valence-corrected chi connectivity index (χ4v) is 6.40. The molecule has 4 aromatic rings. The lowest BCUT2D eigenvalue weighted by molar-refractivity contribution is -0.129. The Morgan fingerprint density at radius 1 is 1.15 bits per heavy atom. The van der Waals surface area contributed by atoms with Gasteiger partial charge in [-0.1, -0.05) is 18.2 Å². The Hall–Kier alpha value is -4.15. The van der Waals surface area contributed by atoms with E-state index in [4.69, 9.17) is 16.3 Å². The number of rotatable bonds is 6. The van der Waals surface area contributed by atoms with Crippen molar-refractivity contribution in [3.05, 3.63) is 71.2 Å². The summed E-state index contributed by atoms with van der Waals surface area (Å²) >= 11 is 6.96. The second-order valence-corrected chi connectivity index (χ2v) is 11.0. The van der Waals surface area contributed by atoms with Crippen LogP contribution < -0.4 is 20.3 Å². The van der Waals surface area contributed by atoms with E-state index in [9.17, 15) is 14.4 Å². The minimum atomic E-state index is -0.371. The summed E-state index contributed by atoms with van der Waals surface area (Å²) in [4.78, 5) is 47.8. The summed E-state index contributed by atoms with van der Waals surface area (Å²) < 4.78 is 5.96. The fourth-order valence-electron chi connectivity index (χ4n) is 5.21. The number of urea groups is 1. The predicted octanol–water partition coefficient (Wildman–Crippen LogP) is 6.04. The fraction of sp³-hybridized carbons (Fsp3) is 0.241. The number of aromatic nitrogens is 1. The van der Waals surface area contributed by atoms with Crippen molar-refractivity contribution < 1.29 is 19.1 Å². The molecule has 40 heavy (non-hydrogen) atoms.